The lowest BCUT2D eigenvalue weighted by Crippen LogP contribution is -2.01. The topological polar surface area (TPSA) is 139 Å². The quantitative estimate of drug-likeness (QED) is 0.0679. The zero-order valence-corrected chi connectivity index (χ0v) is 24.5. The molecule has 226 valence electrons. The first-order valence-electron chi connectivity index (χ1n) is 14.3. The van der Waals surface area contributed by atoms with Crippen molar-refractivity contribution < 1.29 is 25.5 Å². The monoisotopic (exact) mass is 607 g/mol. The van der Waals surface area contributed by atoms with Crippen LogP contribution in [0.25, 0.3) is 38.7 Å². The van der Waals surface area contributed by atoms with Crippen molar-refractivity contribution in [1.29, 1.82) is 0 Å². The van der Waals surface area contributed by atoms with E-state index in [-0.39, 0.29) is 12.1 Å². The van der Waals surface area contributed by atoms with Crippen molar-refractivity contribution in [1.82, 2.24) is 4.98 Å². The average Bonchev–Trinajstić information content (AvgIpc) is 3.11. The summed E-state index contributed by atoms with van der Waals surface area (Å²) in [5.74, 6) is -4.54. The highest BCUT2D eigenvalue weighted by molar-refractivity contribution is 6.13. The summed E-state index contributed by atoms with van der Waals surface area (Å²) >= 11 is 0. The number of fused-ring (bicyclic) bond motifs is 1. The van der Waals surface area contributed by atoms with Gasteiger partial charge in [0.1, 0.15) is 0 Å². The van der Waals surface area contributed by atoms with Gasteiger partial charge in [0.25, 0.3) is 0 Å². The lowest BCUT2D eigenvalue weighted by molar-refractivity contribution is 0.324. The second-order valence-electron chi connectivity index (χ2n) is 10.6. The first-order chi connectivity index (χ1) is 22.3. The van der Waals surface area contributed by atoms with E-state index in [9.17, 15) is 25.5 Å². The van der Waals surface area contributed by atoms with Crippen LogP contribution in [0.15, 0.2) is 132 Å². The van der Waals surface area contributed by atoms with Crippen LogP contribution in [0.1, 0.15) is 16.7 Å². The van der Waals surface area contributed by atoms with Gasteiger partial charge in [-0.1, -0.05) is 78.9 Å². The van der Waals surface area contributed by atoms with Crippen molar-refractivity contribution in [2.24, 2.45) is 9.98 Å². The number of pyridine rings is 1. The highest BCUT2D eigenvalue weighted by Crippen LogP contribution is 2.51. The Hall–Kier alpha value is -6.41. The average molecular weight is 608 g/mol. The zero-order chi connectivity index (χ0) is 32.2. The number of phenolic OH excluding ortho intramolecular Hbond substituents is 5. The van der Waals surface area contributed by atoms with Crippen molar-refractivity contribution in [3.05, 3.63) is 138 Å². The van der Waals surface area contributed by atoms with Crippen molar-refractivity contribution in [2.75, 3.05) is 0 Å². The molecule has 6 aromatic rings. The Bertz CT molecular complexity index is 2130. The van der Waals surface area contributed by atoms with Crippen LogP contribution in [0, 0.1) is 0 Å². The molecule has 8 heteroatoms. The molecule has 0 fully saturated rings. The van der Waals surface area contributed by atoms with Gasteiger partial charge >= 0.3 is 0 Å². The Kier molecular flexibility index (Phi) is 8.17. The molecule has 0 bridgehead atoms. The molecule has 0 saturated heterocycles. The van der Waals surface area contributed by atoms with E-state index in [1.165, 1.54) is 0 Å². The molecule has 5 aromatic carbocycles. The summed E-state index contributed by atoms with van der Waals surface area (Å²) in [4.78, 5) is 13.2. The Labute approximate surface area is 264 Å². The van der Waals surface area contributed by atoms with Gasteiger partial charge in [-0.2, -0.15) is 0 Å². The number of hydrogen-bond acceptors (Lipinski definition) is 8. The maximum Gasteiger partial charge on any atom is 0.208 e. The summed E-state index contributed by atoms with van der Waals surface area (Å²) in [5, 5.41) is 53.3. The molecule has 0 saturated carbocycles. The third-order valence-corrected chi connectivity index (χ3v) is 7.71. The minimum absolute atomic E-state index is 0.268. The van der Waals surface area contributed by atoms with Crippen molar-refractivity contribution in [2.45, 2.75) is 6.54 Å². The number of benzene rings is 5. The maximum absolute atomic E-state index is 10.5. The van der Waals surface area contributed by atoms with Crippen molar-refractivity contribution >= 4 is 28.9 Å². The van der Waals surface area contributed by atoms with Gasteiger partial charge in [0, 0.05) is 29.1 Å². The fraction of sp³-hybridized carbons (Fsp3) is 0.0263. The SMILES string of the molecule is C=N/C(=C\C(=N/Cc1c(O)c(O)c(O)c(O)c1O)c1cccc(-c2ccc3ccccc3c2)c1)c1cccc(-c2cccnc2)c1. The van der Waals surface area contributed by atoms with Gasteiger partial charge in [-0.3, -0.25) is 15.0 Å². The Morgan fingerprint density at radius 2 is 1.22 bits per heavy atom. The van der Waals surface area contributed by atoms with Gasteiger partial charge in [0.2, 0.25) is 17.2 Å². The van der Waals surface area contributed by atoms with Gasteiger partial charge in [-0.05, 0) is 64.5 Å². The lowest BCUT2D eigenvalue weighted by atomic mass is 9.97. The highest BCUT2D eigenvalue weighted by Gasteiger charge is 2.23. The third kappa shape index (κ3) is 5.87. The lowest BCUT2D eigenvalue weighted by Gasteiger charge is -2.12. The normalized spacial score (nSPS) is 11.9. The highest BCUT2D eigenvalue weighted by atomic mass is 16.4. The fourth-order valence-electron chi connectivity index (χ4n) is 5.24. The van der Waals surface area contributed by atoms with E-state index in [0.29, 0.717) is 17.0 Å². The number of allylic oxidation sites excluding steroid dienone is 1. The predicted octanol–water partition coefficient (Wildman–Crippen LogP) is 7.83. The second-order valence-corrected chi connectivity index (χ2v) is 10.6. The number of phenols is 5. The van der Waals surface area contributed by atoms with E-state index < -0.39 is 28.7 Å². The molecule has 8 nitrogen and oxygen atoms in total. The van der Waals surface area contributed by atoms with Gasteiger partial charge in [0.15, 0.2) is 11.5 Å². The summed E-state index contributed by atoms with van der Waals surface area (Å²) in [6.07, 6.45) is 5.22. The van der Waals surface area contributed by atoms with Crippen molar-refractivity contribution in [3.63, 3.8) is 0 Å². The number of hydrogen-bond donors (Lipinski definition) is 5. The number of rotatable bonds is 8. The summed E-state index contributed by atoms with van der Waals surface area (Å²) in [6, 6.07) is 33.6. The zero-order valence-electron chi connectivity index (χ0n) is 24.5. The van der Waals surface area contributed by atoms with Crippen LogP contribution in [-0.2, 0) is 6.54 Å². The van der Waals surface area contributed by atoms with Gasteiger partial charge < -0.3 is 25.5 Å². The van der Waals surface area contributed by atoms with E-state index >= 15 is 0 Å². The van der Waals surface area contributed by atoms with E-state index in [1.807, 2.05) is 78.9 Å². The Balaban J connectivity index is 1.47. The number of aliphatic imine (C=N–C) groups is 2. The van der Waals surface area contributed by atoms with Gasteiger partial charge in [-0.15, -0.1) is 0 Å². The molecule has 6 rings (SSSR count). The molecule has 0 spiro atoms. The molecule has 0 aliphatic rings. The Morgan fingerprint density at radius 1 is 0.609 bits per heavy atom. The fourth-order valence-corrected chi connectivity index (χ4v) is 5.24. The Morgan fingerprint density at radius 3 is 1.91 bits per heavy atom. The maximum atomic E-state index is 10.5. The molecular weight excluding hydrogens is 578 g/mol. The molecule has 0 atom stereocenters. The third-order valence-electron chi connectivity index (χ3n) is 7.71. The molecule has 5 N–H and O–H groups in total. The van der Waals surface area contributed by atoms with Crippen LogP contribution in [-0.4, -0.2) is 42.9 Å². The predicted molar refractivity (Wildman–Crippen MR) is 182 cm³/mol. The molecule has 0 amide bonds. The molecule has 0 unspecified atom stereocenters. The van der Waals surface area contributed by atoms with Crippen molar-refractivity contribution in [3.8, 4) is 51.0 Å². The number of aromatic nitrogens is 1. The smallest absolute Gasteiger partial charge is 0.208 e. The van der Waals surface area contributed by atoms with Crippen LogP contribution in [0.5, 0.6) is 28.7 Å². The van der Waals surface area contributed by atoms with Crippen LogP contribution >= 0.6 is 0 Å². The number of aromatic hydroxyl groups is 5. The van der Waals surface area contributed by atoms with Crippen LogP contribution in [0.3, 0.4) is 0 Å². The first-order valence-corrected chi connectivity index (χ1v) is 14.3. The van der Waals surface area contributed by atoms with E-state index in [4.69, 9.17) is 4.99 Å². The largest absolute Gasteiger partial charge is 0.504 e. The minimum Gasteiger partial charge on any atom is -0.504 e. The summed E-state index contributed by atoms with van der Waals surface area (Å²) < 4.78 is 0. The van der Waals surface area contributed by atoms with Crippen LogP contribution in [0.2, 0.25) is 0 Å². The standard InChI is InChI=1S/C38H29N3O5/c1-39-32(28-11-5-10-26(19-28)30-13-6-16-40-21-30)20-33(41-22-31-34(42)36(44)38(46)37(45)35(31)43)29-12-4-9-25(18-29)27-15-14-23-7-2-3-8-24(23)17-27/h2-21,42-46H,1,22H2/b32-20-,41-33+. The van der Waals surface area contributed by atoms with Crippen LogP contribution < -0.4 is 0 Å². The van der Waals surface area contributed by atoms with Gasteiger partial charge in [0.05, 0.1) is 23.5 Å². The van der Waals surface area contributed by atoms with E-state index in [2.05, 4.69) is 41.0 Å². The molecular formula is C38H29N3O5. The molecule has 0 radical (unpaired) electrons. The van der Waals surface area contributed by atoms with Gasteiger partial charge in [-0.25, -0.2) is 0 Å². The summed E-state index contributed by atoms with van der Waals surface area (Å²) in [5.41, 5.74) is 5.91. The van der Waals surface area contributed by atoms with E-state index in [0.717, 1.165) is 38.6 Å². The van der Waals surface area contributed by atoms with Crippen LogP contribution in [0.4, 0.5) is 0 Å². The summed E-state index contributed by atoms with van der Waals surface area (Å²) in [6.45, 7) is 3.44. The minimum atomic E-state index is -1.03. The number of nitrogens with zero attached hydrogens (tertiary/aromatic N) is 3. The summed E-state index contributed by atoms with van der Waals surface area (Å²) in [7, 11) is 0. The molecule has 46 heavy (non-hydrogen) atoms. The molecule has 1 aromatic heterocycles. The molecule has 0 aliphatic carbocycles. The molecule has 0 aliphatic heterocycles. The molecule has 1 heterocycles. The second kappa shape index (κ2) is 12.7. The first kappa shape index (κ1) is 29.7. The van der Waals surface area contributed by atoms with E-state index in [1.54, 1.807) is 18.5 Å².